The van der Waals surface area contributed by atoms with Gasteiger partial charge in [-0.25, -0.2) is 9.69 Å². The zero-order valence-corrected chi connectivity index (χ0v) is 28.6. The summed E-state index contributed by atoms with van der Waals surface area (Å²) in [5, 5.41) is 23.1. The van der Waals surface area contributed by atoms with Crippen molar-refractivity contribution in [3.63, 3.8) is 0 Å². The van der Waals surface area contributed by atoms with Crippen molar-refractivity contribution >= 4 is 23.6 Å². The van der Waals surface area contributed by atoms with Crippen molar-refractivity contribution < 1.29 is 38.8 Å². The first-order valence-corrected chi connectivity index (χ1v) is 17.1. The minimum Gasteiger partial charge on any atom is -0.445 e. The highest BCUT2D eigenvalue weighted by Crippen LogP contribution is 2.39. The van der Waals surface area contributed by atoms with Gasteiger partial charge in [-0.3, -0.25) is 14.5 Å². The lowest BCUT2D eigenvalue weighted by atomic mass is 9.98. The molecular weight excluding hydrogens is 650 g/mol. The Morgan fingerprint density at radius 2 is 1.55 bits per heavy atom. The van der Waals surface area contributed by atoms with E-state index in [1.54, 1.807) is 24.3 Å². The lowest BCUT2D eigenvalue weighted by Crippen LogP contribution is -2.43. The summed E-state index contributed by atoms with van der Waals surface area (Å²) in [6.45, 7) is 2.48. The largest absolute Gasteiger partial charge is 0.445 e. The monoisotopic (exact) mass is 693 g/mol. The molecule has 0 aliphatic carbocycles. The molecule has 4 aromatic carbocycles. The van der Waals surface area contributed by atoms with E-state index in [1.807, 2.05) is 98.9 Å². The maximum Gasteiger partial charge on any atom is 0.408 e. The van der Waals surface area contributed by atoms with Gasteiger partial charge in [0.1, 0.15) is 12.6 Å². The first-order valence-electron chi connectivity index (χ1n) is 17.1. The minimum absolute atomic E-state index is 0.0403. The van der Waals surface area contributed by atoms with Crippen LogP contribution in [0.1, 0.15) is 66.1 Å². The molecule has 0 bridgehead atoms. The molecule has 6 atom stereocenters. The van der Waals surface area contributed by atoms with Gasteiger partial charge < -0.3 is 29.7 Å². The number of nitrogens with zero attached hydrogens (tertiary/aromatic N) is 2. The average Bonchev–Trinajstić information content (AvgIpc) is 3.45. The predicted octanol–water partition coefficient (Wildman–Crippen LogP) is 5.34. The molecule has 2 aliphatic rings. The van der Waals surface area contributed by atoms with E-state index in [-0.39, 0.29) is 37.9 Å². The zero-order chi connectivity index (χ0) is 35.9. The summed E-state index contributed by atoms with van der Waals surface area (Å²) < 4.78 is 18.2. The van der Waals surface area contributed by atoms with Crippen LogP contribution in [-0.2, 0) is 37.0 Å². The number of rotatable bonds is 12. The second kappa shape index (κ2) is 16.4. The predicted molar refractivity (Wildman–Crippen MR) is 189 cm³/mol. The molecular formula is C40H43N3O8. The van der Waals surface area contributed by atoms with E-state index in [4.69, 9.17) is 14.2 Å². The number of benzene rings is 4. The molecule has 1 unspecified atom stereocenters. The fourth-order valence-electron chi connectivity index (χ4n) is 6.39. The molecule has 2 saturated heterocycles. The van der Waals surface area contributed by atoms with Crippen LogP contribution in [0.4, 0.5) is 10.5 Å². The number of aliphatic hydroxyl groups is 2. The molecule has 2 heterocycles. The summed E-state index contributed by atoms with van der Waals surface area (Å²) in [5.41, 5.74) is 4.43. The molecule has 3 N–H and O–H groups in total. The number of imide groups is 1. The molecule has 266 valence electrons. The van der Waals surface area contributed by atoms with E-state index in [1.165, 1.54) is 0 Å². The summed E-state index contributed by atoms with van der Waals surface area (Å²) in [5.74, 6) is -0.983. The van der Waals surface area contributed by atoms with Crippen LogP contribution in [-0.4, -0.2) is 64.8 Å². The SMILES string of the molecule is C[C@H]([C@@H](O)c1ccccc1)N(C)C[C@H]1C[C@@H](c2ccc(CO)cc2)O[C@@H](c2ccc(N3C(=O)CC(NC(=O)OCc4ccccc4)C3=O)cc2)O1. The Bertz CT molecular complexity index is 1770. The second-order valence-electron chi connectivity index (χ2n) is 13.0. The number of aliphatic hydroxyl groups excluding tert-OH is 2. The first-order chi connectivity index (χ1) is 24.7. The van der Waals surface area contributed by atoms with Crippen LogP contribution in [0.25, 0.3) is 0 Å². The van der Waals surface area contributed by atoms with Crippen LogP contribution in [0.2, 0.25) is 0 Å². The van der Waals surface area contributed by atoms with E-state index >= 15 is 0 Å². The molecule has 0 saturated carbocycles. The topological polar surface area (TPSA) is 138 Å². The number of ether oxygens (including phenoxy) is 3. The van der Waals surface area contributed by atoms with Gasteiger partial charge in [0.05, 0.1) is 37.0 Å². The standard InChI is InChI=1S/C40H43N3O8/c1-26(37(46)30-11-7-4-8-12-30)42(2)23-33-21-35(29-15-13-27(24-44)14-16-29)51-39(50-33)31-17-19-32(20-18-31)43-36(45)22-34(38(43)47)41-40(48)49-25-28-9-5-3-6-10-28/h3-20,26,33-35,37,39,44,46H,21-25H2,1-2H3,(H,41,48)/t26-,33-,34?,35+,37-,39+/m1/s1. The third-order valence-corrected chi connectivity index (χ3v) is 9.47. The maximum absolute atomic E-state index is 13.2. The van der Waals surface area contributed by atoms with Gasteiger partial charge in [-0.1, -0.05) is 97.1 Å². The molecule has 6 rings (SSSR count). The Hall–Kier alpha value is -4.91. The summed E-state index contributed by atoms with van der Waals surface area (Å²) in [4.78, 5) is 41.7. The summed E-state index contributed by atoms with van der Waals surface area (Å²) in [7, 11) is 1.96. The van der Waals surface area contributed by atoms with Crippen LogP contribution in [0, 0.1) is 0 Å². The lowest BCUT2D eigenvalue weighted by molar-refractivity contribution is -0.253. The second-order valence-corrected chi connectivity index (χ2v) is 13.0. The van der Waals surface area contributed by atoms with E-state index in [9.17, 15) is 24.6 Å². The van der Waals surface area contributed by atoms with Gasteiger partial charge in [0, 0.05) is 24.6 Å². The fourth-order valence-corrected chi connectivity index (χ4v) is 6.39. The summed E-state index contributed by atoms with van der Waals surface area (Å²) in [6.07, 6.45) is -2.44. The Kier molecular flexibility index (Phi) is 11.5. The van der Waals surface area contributed by atoms with Crippen molar-refractivity contribution in [2.24, 2.45) is 0 Å². The van der Waals surface area contributed by atoms with Gasteiger partial charge in [-0.2, -0.15) is 0 Å². The number of carbonyl (C=O) groups excluding carboxylic acids is 3. The van der Waals surface area contributed by atoms with Crippen LogP contribution in [0.5, 0.6) is 0 Å². The normalized spacial score (nSPS) is 21.8. The molecule has 0 radical (unpaired) electrons. The van der Waals surface area contributed by atoms with E-state index in [0.29, 0.717) is 24.2 Å². The number of carbonyl (C=O) groups is 3. The Labute approximate surface area is 297 Å². The fraction of sp³-hybridized carbons (Fsp3) is 0.325. The third kappa shape index (κ3) is 8.70. The number of likely N-dealkylation sites (N-methyl/N-ethyl adjacent to an activating group) is 1. The highest BCUT2D eigenvalue weighted by Gasteiger charge is 2.41. The van der Waals surface area contributed by atoms with Gasteiger partial charge >= 0.3 is 6.09 Å². The highest BCUT2D eigenvalue weighted by molar-refractivity contribution is 6.22. The number of anilines is 1. The molecule has 2 aliphatic heterocycles. The molecule has 4 aromatic rings. The van der Waals surface area contributed by atoms with Crippen LogP contribution >= 0.6 is 0 Å². The van der Waals surface area contributed by atoms with Crippen molar-refractivity contribution in [2.75, 3.05) is 18.5 Å². The Morgan fingerprint density at radius 1 is 0.902 bits per heavy atom. The zero-order valence-electron chi connectivity index (χ0n) is 28.6. The van der Waals surface area contributed by atoms with E-state index < -0.39 is 36.3 Å². The smallest absolute Gasteiger partial charge is 0.408 e. The number of amides is 3. The third-order valence-electron chi connectivity index (χ3n) is 9.47. The van der Waals surface area contributed by atoms with Crippen molar-refractivity contribution in [3.8, 4) is 0 Å². The molecule has 0 aromatic heterocycles. The van der Waals surface area contributed by atoms with Crippen molar-refractivity contribution in [1.29, 1.82) is 0 Å². The minimum atomic E-state index is -1.04. The van der Waals surface area contributed by atoms with Crippen LogP contribution in [0.3, 0.4) is 0 Å². The Morgan fingerprint density at radius 3 is 2.22 bits per heavy atom. The van der Waals surface area contributed by atoms with E-state index in [2.05, 4.69) is 10.2 Å². The number of alkyl carbamates (subject to hydrolysis) is 1. The summed E-state index contributed by atoms with van der Waals surface area (Å²) in [6, 6.07) is 31.9. The van der Waals surface area contributed by atoms with Crippen molar-refractivity contribution in [3.05, 3.63) is 137 Å². The summed E-state index contributed by atoms with van der Waals surface area (Å²) >= 11 is 0. The molecule has 11 nitrogen and oxygen atoms in total. The van der Waals surface area contributed by atoms with Crippen LogP contribution in [0.15, 0.2) is 109 Å². The molecule has 2 fully saturated rings. The van der Waals surface area contributed by atoms with Crippen molar-refractivity contribution in [1.82, 2.24) is 10.2 Å². The molecule has 3 amide bonds. The van der Waals surface area contributed by atoms with Gasteiger partial charge in [0.2, 0.25) is 5.91 Å². The first kappa shape index (κ1) is 35.9. The van der Waals surface area contributed by atoms with Crippen molar-refractivity contribution in [2.45, 2.75) is 69.7 Å². The average molecular weight is 694 g/mol. The number of nitrogens with one attached hydrogen (secondary N) is 1. The van der Waals surface area contributed by atoms with Gasteiger partial charge in [-0.05, 0) is 48.4 Å². The highest BCUT2D eigenvalue weighted by atomic mass is 16.7. The number of hydrogen-bond donors (Lipinski definition) is 3. The van der Waals surface area contributed by atoms with E-state index in [0.717, 1.165) is 27.2 Å². The Balaban J connectivity index is 1.13. The quantitative estimate of drug-likeness (QED) is 0.168. The van der Waals surface area contributed by atoms with Gasteiger partial charge in [0.15, 0.2) is 6.29 Å². The number of hydrogen-bond acceptors (Lipinski definition) is 9. The lowest BCUT2D eigenvalue weighted by Gasteiger charge is -2.39. The maximum atomic E-state index is 13.2. The molecule has 0 spiro atoms. The van der Waals surface area contributed by atoms with Crippen LogP contribution < -0.4 is 10.2 Å². The van der Waals surface area contributed by atoms with Gasteiger partial charge in [0.25, 0.3) is 5.91 Å². The van der Waals surface area contributed by atoms with Gasteiger partial charge in [-0.15, -0.1) is 0 Å². The molecule has 11 heteroatoms. The molecule has 51 heavy (non-hydrogen) atoms.